The molecule has 0 bridgehead atoms. The van der Waals surface area contributed by atoms with Gasteiger partial charge in [-0.25, -0.2) is 13.1 Å². The minimum atomic E-state index is -3.48. The Morgan fingerprint density at radius 2 is 1.86 bits per heavy atom. The van der Waals surface area contributed by atoms with Gasteiger partial charge in [-0.15, -0.1) is 11.3 Å². The Hall–Kier alpha value is -0.730. The molecule has 0 fully saturated rings. The molecule has 0 saturated carbocycles. The van der Waals surface area contributed by atoms with E-state index >= 15 is 0 Å². The number of halogens is 1. The van der Waals surface area contributed by atoms with E-state index in [-0.39, 0.29) is 6.54 Å². The van der Waals surface area contributed by atoms with Gasteiger partial charge in [0.2, 0.25) is 10.0 Å². The van der Waals surface area contributed by atoms with Crippen molar-refractivity contribution >= 4 is 37.3 Å². The van der Waals surface area contributed by atoms with Gasteiger partial charge in [-0.2, -0.15) is 0 Å². The van der Waals surface area contributed by atoms with Crippen LogP contribution in [0.4, 0.5) is 0 Å². The molecule has 0 unspecified atom stereocenters. The van der Waals surface area contributed by atoms with Crippen LogP contribution in [0.5, 0.6) is 0 Å². The minimum Gasteiger partial charge on any atom is -0.315 e. The van der Waals surface area contributed by atoms with E-state index in [1.165, 1.54) is 11.3 Å². The Balaban J connectivity index is 2.12. The molecule has 1 aromatic heterocycles. The summed E-state index contributed by atoms with van der Waals surface area (Å²) in [5.41, 5.74) is 0.921. The lowest BCUT2D eigenvalue weighted by atomic mass is 10.2. The lowest BCUT2D eigenvalue weighted by Gasteiger charge is -2.06. The van der Waals surface area contributed by atoms with Crippen molar-refractivity contribution in [2.45, 2.75) is 24.9 Å². The van der Waals surface area contributed by atoms with Crippen molar-refractivity contribution in [3.05, 3.63) is 50.1 Å². The first-order valence-electron chi connectivity index (χ1n) is 6.40. The molecule has 0 atom stereocenters. The molecule has 7 heteroatoms. The van der Waals surface area contributed by atoms with E-state index in [4.69, 9.17) is 0 Å². The maximum atomic E-state index is 12.4. The second-order valence-electron chi connectivity index (χ2n) is 4.61. The van der Waals surface area contributed by atoms with Crippen LogP contribution >= 0.6 is 27.3 Å². The number of thiophene rings is 1. The summed E-state index contributed by atoms with van der Waals surface area (Å²) in [6, 6.07) is 9.30. The summed E-state index contributed by atoms with van der Waals surface area (Å²) >= 11 is 4.86. The van der Waals surface area contributed by atoms with Crippen molar-refractivity contribution in [3.63, 3.8) is 0 Å². The largest absolute Gasteiger partial charge is 0.315 e. The van der Waals surface area contributed by atoms with Crippen LogP contribution in [0.3, 0.4) is 0 Å². The number of hydrogen-bond donors (Lipinski definition) is 2. The van der Waals surface area contributed by atoms with Gasteiger partial charge in [0.25, 0.3) is 0 Å². The van der Waals surface area contributed by atoms with Gasteiger partial charge in [-0.1, -0.05) is 28.1 Å². The molecule has 21 heavy (non-hydrogen) atoms. The number of aryl methyl sites for hydroxylation is 1. The predicted molar refractivity (Wildman–Crippen MR) is 90.0 cm³/mol. The Morgan fingerprint density at radius 3 is 2.48 bits per heavy atom. The number of rotatable bonds is 6. The molecule has 0 aliphatic heterocycles. The Labute approximate surface area is 137 Å². The highest BCUT2D eigenvalue weighted by Crippen LogP contribution is 2.25. The molecular weight excluding hydrogens is 372 g/mol. The Kier molecular flexibility index (Phi) is 5.56. The fourth-order valence-corrected chi connectivity index (χ4v) is 4.84. The fourth-order valence-electron chi connectivity index (χ4n) is 1.91. The number of benzene rings is 1. The number of hydrogen-bond acceptors (Lipinski definition) is 4. The first kappa shape index (κ1) is 16.6. The van der Waals surface area contributed by atoms with Gasteiger partial charge in [0.15, 0.2) is 0 Å². The smallest absolute Gasteiger partial charge is 0.241 e. The lowest BCUT2D eigenvalue weighted by Crippen LogP contribution is -2.23. The third kappa shape index (κ3) is 4.37. The van der Waals surface area contributed by atoms with Crippen molar-refractivity contribution in [1.29, 1.82) is 0 Å². The van der Waals surface area contributed by atoms with Crippen LogP contribution in [0.1, 0.15) is 15.3 Å². The lowest BCUT2D eigenvalue weighted by molar-refractivity contribution is 0.581. The van der Waals surface area contributed by atoms with E-state index in [1.54, 1.807) is 6.07 Å². The standard InChI is InChI=1S/C14H17BrN2O2S2/c1-10-14(7-13(20-10)9-16-2)21(18,19)17-8-11-3-5-12(15)6-4-11/h3-7,16-17H,8-9H2,1-2H3. The van der Waals surface area contributed by atoms with E-state index in [0.29, 0.717) is 11.4 Å². The van der Waals surface area contributed by atoms with Gasteiger partial charge in [0, 0.05) is 27.3 Å². The molecule has 2 aromatic rings. The molecule has 0 amide bonds. The van der Waals surface area contributed by atoms with E-state index < -0.39 is 10.0 Å². The van der Waals surface area contributed by atoms with Crippen LogP contribution in [0, 0.1) is 6.92 Å². The molecule has 114 valence electrons. The van der Waals surface area contributed by atoms with Crippen molar-refractivity contribution in [3.8, 4) is 0 Å². The zero-order valence-electron chi connectivity index (χ0n) is 11.8. The molecule has 4 nitrogen and oxygen atoms in total. The Morgan fingerprint density at radius 1 is 1.19 bits per heavy atom. The molecule has 1 aromatic carbocycles. The quantitative estimate of drug-likeness (QED) is 0.799. The second kappa shape index (κ2) is 7.02. The summed E-state index contributed by atoms with van der Waals surface area (Å²) in [6.45, 7) is 2.79. The highest BCUT2D eigenvalue weighted by atomic mass is 79.9. The van der Waals surface area contributed by atoms with E-state index in [0.717, 1.165) is 19.8 Å². The fraction of sp³-hybridized carbons (Fsp3) is 0.286. The average molecular weight is 389 g/mol. The summed E-state index contributed by atoms with van der Waals surface area (Å²) in [4.78, 5) is 2.19. The van der Waals surface area contributed by atoms with Gasteiger partial charge in [-0.3, -0.25) is 0 Å². The van der Waals surface area contributed by atoms with Gasteiger partial charge in [0.05, 0.1) is 4.90 Å². The van der Waals surface area contributed by atoms with Crippen LogP contribution in [-0.4, -0.2) is 15.5 Å². The maximum Gasteiger partial charge on any atom is 0.241 e. The van der Waals surface area contributed by atoms with Crippen molar-refractivity contribution in [2.75, 3.05) is 7.05 Å². The normalized spacial score (nSPS) is 11.8. The summed E-state index contributed by atoms with van der Waals surface area (Å²) < 4.78 is 28.4. The predicted octanol–water partition coefficient (Wildman–Crippen LogP) is 3.02. The third-order valence-corrected chi connectivity index (χ3v) is 6.18. The van der Waals surface area contributed by atoms with Crippen LogP contribution in [-0.2, 0) is 23.1 Å². The summed E-state index contributed by atoms with van der Waals surface area (Å²) in [7, 11) is -1.63. The molecule has 2 N–H and O–H groups in total. The van der Waals surface area contributed by atoms with E-state index in [2.05, 4.69) is 26.0 Å². The van der Waals surface area contributed by atoms with E-state index in [9.17, 15) is 8.42 Å². The topological polar surface area (TPSA) is 58.2 Å². The van der Waals surface area contributed by atoms with Gasteiger partial charge < -0.3 is 5.32 Å². The molecule has 2 rings (SSSR count). The molecule has 0 aliphatic carbocycles. The molecule has 0 spiro atoms. The zero-order chi connectivity index (χ0) is 15.5. The monoisotopic (exact) mass is 388 g/mol. The van der Waals surface area contributed by atoms with Crippen LogP contribution in [0.2, 0.25) is 0 Å². The van der Waals surface area contributed by atoms with Gasteiger partial charge in [0.1, 0.15) is 0 Å². The second-order valence-corrected chi connectivity index (χ2v) is 8.61. The van der Waals surface area contributed by atoms with Crippen molar-refractivity contribution < 1.29 is 8.42 Å². The molecule has 0 radical (unpaired) electrons. The van der Waals surface area contributed by atoms with Crippen LogP contribution in [0.15, 0.2) is 39.7 Å². The minimum absolute atomic E-state index is 0.284. The molecule has 1 heterocycles. The number of sulfonamides is 1. The van der Waals surface area contributed by atoms with Gasteiger partial charge >= 0.3 is 0 Å². The first-order chi connectivity index (χ1) is 9.92. The summed E-state index contributed by atoms with van der Waals surface area (Å²) in [6.07, 6.45) is 0. The third-order valence-electron chi connectivity index (χ3n) is 2.94. The summed E-state index contributed by atoms with van der Waals surface area (Å²) in [5.74, 6) is 0. The van der Waals surface area contributed by atoms with Crippen molar-refractivity contribution in [1.82, 2.24) is 10.0 Å². The highest BCUT2D eigenvalue weighted by Gasteiger charge is 2.19. The first-order valence-corrected chi connectivity index (χ1v) is 9.49. The summed E-state index contributed by atoms with van der Waals surface area (Å²) in [5, 5.41) is 3.03. The highest BCUT2D eigenvalue weighted by molar-refractivity contribution is 9.10. The SMILES string of the molecule is CNCc1cc(S(=O)(=O)NCc2ccc(Br)cc2)c(C)s1. The molecule has 0 saturated heterocycles. The molecular formula is C14H17BrN2O2S2. The number of nitrogens with one attached hydrogen (secondary N) is 2. The van der Waals surface area contributed by atoms with Gasteiger partial charge in [-0.05, 0) is 37.7 Å². The Bertz CT molecular complexity index is 709. The van der Waals surface area contributed by atoms with Crippen LogP contribution < -0.4 is 10.0 Å². The average Bonchev–Trinajstić information content (AvgIpc) is 2.80. The van der Waals surface area contributed by atoms with Crippen LogP contribution in [0.25, 0.3) is 0 Å². The molecule has 0 aliphatic rings. The zero-order valence-corrected chi connectivity index (χ0v) is 15.0. The maximum absolute atomic E-state index is 12.4. The van der Waals surface area contributed by atoms with Crippen molar-refractivity contribution in [2.24, 2.45) is 0 Å². The van der Waals surface area contributed by atoms with E-state index in [1.807, 2.05) is 38.2 Å².